The largest absolute Gasteiger partial charge is 0.507 e. The Bertz CT molecular complexity index is 824. The first-order valence-corrected chi connectivity index (χ1v) is 9.16. The molecule has 2 aromatic rings. The van der Waals surface area contributed by atoms with Gasteiger partial charge in [-0.3, -0.25) is 4.79 Å². The quantitative estimate of drug-likeness (QED) is 0.488. The molecule has 0 atom stereocenters. The standard InChI is InChI=1S/C22H25NO4/c1-3-9-16-20(27-15-8-4-7-14-23)13-12-18(21(16)24)22(25)17-10-5-6-11-19(17)26-2/h5-6,10-13,24H,3-4,7-9,15H2,1-2H3. The lowest BCUT2D eigenvalue weighted by Gasteiger charge is -2.15. The van der Waals surface area contributed by atoms with Crippen LogP contribution in [-0.4, -0.2) is 24.6 Å². The van der Waals surface area contributed by atoms with Crippen LogP contribution in [0.5, 0.6) is 17.2 Å². The molecule has 5 heteroatoms. The molecule has 0 bridgehead atoms. The van der Waals surface area contributed by atoms with Gasteiger partial charge in [-0.2, -0.15) is 5.26 Å². The molecular weight excluding hydrogens is 342 g/mol. The van der Waals surface area contributed by atoms with Crippen molar-refractivity contribution < 1.29 is 19.4 Å². The molecule has 0 aromatic heterocycles. The van der Waals surface area contributed by atoms with Crippen molar-refractivity contribution in [3.05, 3.63) is 53.1 Å². The van der Waals surface area contributed by atoms with Gasteiger partial charge < -0.3 is 14.6 Å². The molecule has 5 nitrogen and oxygen atoms in total. The maximum absolute atomic E-state index is 12.9. The number of para-hydroxylation sites is 1. The van der Waals surface area contributed by atoms with Gasteiger partial charge in [0.25, 0.3) is 0 Å². The summed E-state index contributed by atoms with van der Waals surface area (Å²) in [5.41, 5.74) is 1.28. The molecule has 0 unspecified atom stereocenters. The van der Waals surface area contributed by atoms with E-state index >= 15 is 0 Å². The first-order valence-electron chi connectivity index (χ1n) is 9.16. The summed E-state index contributed by atoms with van der Waals surface area (Å²) in [5, 5.41) is 19.3. The minimum Gasteiger partial charge on any atom is -0.507 e. The Hall–Kier alpha value is -3.00. The number of aromatic hydroxyl groups is 1. The summed E-state index contributed by atoms with van der Waals surface area (Å²) in [6, 6.07) is 12.4. The van der Waals surface area contributed by atoms with Crippen LogP contribution in [0.1, 0.15) is 54.1 Å². The second-order valence-electron chi connectivity index (χ2n) is 6.18. The van der Waals surface area contributed by atoms with Gasteiger partial charge >= 0.3 is 0 Å². The van der Waals surface area contributed by atoms with E-state index in [1.165, 1.54) is 7.11 Å². The van der Waals surface area contributed by atoms with Gasteiger partial charge in [0.15, 0.2) is 5.78 Å². The molecule has 142 valence electrons. The maximum atomic E-state index is 12.9. The molecule has 0 heterocycles. The average molecular weight is 367 g/mol. The zero-order valence-corrected chi connectivity index (χ0v) is 15.8. The Morgan fingerprint density at radius 2 is 1.89 bits per heavy atom. The summed E-state index contributed by atoms with van der Waals surface area (Å²) >= 11 is 0. The number of unbranched alkanes of at least 4 members (excludes halogenated alkanes) is 2. The fraction of sp³-hybridized carbons (Fsp3) is 0.364. The number of nitriles is 1. The van der Waals surface area contributed by atoms with E-state index in [9.17, 15) is 9.90 Å². The second-order valence-corrected chi connectivity index (χ2v) is 6.18. The van der Waals surface area contributed by atoms with Crippen molar-refractivity contribution in [2.75, 3.05) is 13.7 Å². The summed E-state index contributed by atoms with van der Waals surface area (Å²) in [4.78, 5) is 12.9. The molecule has 0 aliphatic heterocycles. The normalized spacial score (nSPS) is 10.3. The lowest BCUT2D eigenvalue weighted by Crippen LogP contribution is -2.07. The number of carbonyl (C=O) groups excluding carboxylic acids is 1. The molecule has 2 rings (SSSR count). The van der Waals surface area contributed by atoms with Crippen LogP contribution >= 0.6 is 0 Å². The van der Waals surface area contributed by atoms with Crippen LogP contribution in [0.4, 0.5) is 0 Å². The number of phenols is 1. The average Bonchev–Trinajstić information content (AvgIpc) is 2.69. The van der Waals surface area contributed by atoms with Gasteiger partial charge in [0.2, 0.25) is 0 Å². The Kier molecular flexibility index (Phi) is 7.69. The third-order valence-electron chi connectivity index (χ3n) is 4.28. The number of ether oxygens (including phenoxy) is 2. The predicted octanol–water partition coefficient (Wildman–Crippen LogP) is 4.66. The predicted molar refractivity (Wildman–Crippen MR) is 103 cm³/mol. The third-order valence-corrected chi connectivity index (χ3v) is 4.28. The van der Waals surface area contributed by atoms with Gasteiger partial charge in [-0.05, 0) is 43.5 Å². The Balaban J connectivity index is 2.29. The molecule has 2 aromatic carbocycles. The first kappa shape index (κ1) is 20.3. The highest BCUT2D eigenvalue weighted by atomic mass is 16.5. The fourth-order valence-electron chi connectivity index (χ4n) is 2.89. The Morgan fingerprint density at radius 3 is 2.59 bits per heavy atom. The smallest absolute Gasteiger partial charge is 0.200 e. The zero-order chi connectivity index (χ0) is 19.6. The molecule has 0 amide bonds. The van der Waals surface area contributed by atoms with Gasteiger partial charge in [0.05, 0.1) is 30.9 Å². The van der Waals surface area contributed by atoms with Crippen LogP contribution in [0, 0.1) is 11.3 Å². The first-order chi connectivity index (χ1) is 13.1. The number of carbonyl (C=O) groups is 1. The van der Waals surface area contributed by atoms with E-state index in [1.807, 2.05) is 6.92 Å². The van der Waals surface area contributed by atoms with Gasteiger partial charge in [0.1, 0.15) is 17.2 Å². The molecule has 27 heavy (non-hydrogen) atoms. The molecule has 0 spiro atoms. The van der Waals surface area contributed by atoms with E-state index in [4.69, 9.17) is 14.7 Å². The lowest BCUT2D eigenvalue weighted by molar-refractivity contribution is 0.103. The Labute approximate surface area is 160 Å². The van der Waals surface area contributed by atoms with Crippen molar-refractivity contribution in [2.24, 2.45) is 0 Å². The minimum absolute atomic E-state index is 0.0396. The molecular formula is C22H25NO4. The summed E-state index contributed by atoms with van der Waals surface area (Å²) in [6.45, 7) is 2.47. The summed E-state index contributed by atoms with van der Waals surface area (Å²) < 4.78 is 11.1. The summed E-state index contributed by atoms with van der Waals surface area (Å²) in [7, 11) is 1.51. The molecule has 0 aliphatic rings. The van der Waals surface area contributed by atoms with E-state index in [1.54, 1.807) is 36.4 Å². The Morgan fingerprint density at radius 1 is 1.11 bits per heavy atom. The van der Waals surface area contributed by atoms with Gasteiger partial charge in [0, 0.05) is 12.0 Å². The highest BCUT2D eigenvalue weighted by Gasteiger charge is 2.21. The highest BCUT2D eigenvalue weighted by Crippen LogP contribution is 2.35. The van der Waals surface area contributed by atoms with E-state index < -0.39 is 0 Å². The second kappa shape index (κ2) is 10.2. The van der Waals surface area contributed by atoms with Crippen molar-refractivity contribution in [3.8, 4) is 23.3 Å². The summed E-state index contributed by atoms with van der Waals surface area (Å²) in [5.74, 6) is 0.727. The molecule has 0 radical (unpaired) electrons. The summed E-state index contributed by atoms with van der Waals surface area (Å²) in [6.07, 6.45) is 3.46. The van der Waals surface area contributed by atoms with Crippen molar-refractivity contribution in [1.29, 1.82) is 5.26 Å². The lowest BCUT2D eigenvalue weighted by atomic mass is 9.97. The van der Waals surface area contributed by atoms with E-state index in [0.29, 0.717) is 42.1 Å². The molecule has 0 aliphatic carbocycles. The number of nitrogens with zero attached hydrogens (tertiary/aromatic N) is 1. The molecule has 1 N–H and O–H groups in total. The van der Waals surface area contributed by atoms with Gasteiger partial charge in [-0.25, -0.2) is 0 Å². The minimum atomic E-state index is -0.289. The number of ketones is 1. The monoisotopic (exact) mass is 367 g/mol. The molecule has 0 saturated carbocycles. The van der Waals surface area contributed by atoms with E-state index in [-0.39, 0.29) is 17.1 Å². The number of methoxy groups -OCH3 is 1. The molecule has 0 fully saturated rings. The SMILES string of the molecule is CCCc1c(OCCCCC#N)ccc(C(=O)c2ccccc2OC)c1O. The number of rotatable bonds is 10. The number of benzene rings is 2. The van der Waals surface area contributed by atoms with Crippen molar-refractivity contribution in [1.82, 2.24) is 0 Å². The van der Waals surface area contributed by atoms with Gasteiger partial charge in [-0.1, -0.05) is 25.5 Å². The van der Waals surface area contributed by atoms with Crippen LogP contribution in [0.15, 0.2) is 36.4 Å². The van der Waals surface area contributed by atoms with Crippen LogP contribution in [0.25, 0.3) is 0 Å². The van der Waals surface area contributed by atoms with E-state index in [0.717, 1.165) is 19.3 Å². The maximum Gasteiger partial charge on any atom is 0.200 e. The number of phenolic OH excluding ortho intramolecular Hbond substituents is 1. The highest BCUT2D eigenvalue weighted by molar-refractivity contribution is 6.12. The van der Waals surface area contributed by atoms with Crippen LogP contribution in [-0.2, 0) is 6.42 Å². The number of hydrogen-bond acceptors (Lipinski definition) is 5. The van der Waals surface area contributed by atoms with Crippen molar-refractivity contribution >= 4 is 5.78 Å². The van der Waals surface area contributed by atoms with Crippen molar-refractivity contribution in [2.45, 2.75) is 39.0 Å². The fourth-order valence-corrected chi connectivity index (χ4v) is 2.89. The van der Waals surface area contributed by atoms with Crippen molar-refractivity contribution in [3.63, 3.8) is 0 Å². The number of hydrogen-bond donors (Lipinski definition) is 1. The topological polar surface area (TPSA) is 79.5 Å². The third kappa shape index (κ3) is 5.01. The zero-order valence-electron chi connectivity index (χ0n) is 15.8. The van der Waals surface area contributed by atoms with Crippen LogP contribution < -0.4 is 9.47 Å². The van der Waals surface area contributed by atoms with E-state index in [2.05, 4.69) is 6.07 Å². The van der Waals surface area contributed by atoms with Gasteiger partial charge in [-0.15, -0.1) is 0 Å². The van der Waals surface area contributed by atoms with Crippen LogP contribution in [0.2, 0.25) is 0 Å². The molecule has 0 saturated heterocycles. The van der Waals surface area contributed by atoms with Crippen LogP contribution in [0.3, 0.4) is 0 Å².